The first-order valence-corrected chi connectivity index (χ1v) is 6.57. The lowest BCUT2D eigenvalue weighted by Crippen LogP contribution is -2.48. The molecule has 0 saturated heterocycles. The fourth-order valence-electron chi connectivity index (χ4n) is 2.13. The summed E-state index contributed by atoms with van der Waals surface area (Å²) in [5.74, 6) is -2.99. The molecule has 0 aliphatic carbocycles. The van der Waals surface area contributed by atoms with Crippen molar-refractivity contribution in [2.24, 2.45) is 5.92 Å². The first kappa shape index (κ1) is 18.3. The fraction of sp³-hybridized carbons (Fsp3) is 0.923. The van der Waals surface area contributed by atoms with Gasteiger partial charge < -0.3 is 24.1 Å². The van der Waals surface area contributed by atoms with E-state index in [0.29, 0.717) is 19.6 Å². The molecule has 0 aromatic heterocycles. The minimum atomic E-state index is -1.15. The highest BCUT2D eigenvalue weighted by Crippen LogP contribution is 2.32. The molecular weight excluding hydrogens is 252 g/mol. The highest BCUT2D eigenvalue weighted by atomic mass is 16.7. The second-order valence-corrected chi connectivity index (χ2v) is 4.06. The Morgan fingerprint density at radius 1 is 1.11 bits per heavy atom. The predicted octanol–water partition coefficient (Wildman–Crippen LogP) is 1.88. The monoisotopic (exact) mass is 278 g/mol. The van der Waals surface area contributed by atoms with Crippen LogP contribution in [0.15, 0.2) is 0 Å². The number of carbonyl (C=O) groups is 1. The fourth-order valence-corrected chi connectivity index (χ4v) is 2.13. The topological polar surface area (TPSA) is 74.2 Å². The number of hydrogen-bond acceptors (Lipinski definition) is 5. The van der Waals surface area contributed by atoms with Gasteiger partial charge in [-0.15, -0.1) is 0 Å². The number of methoxy groups -OCH3 is 2. The molecule has 6 heteroatoms. The van der Waals surface area contributed by atoms with Gasteiger partial charge in [-0.25, -0.2) is 0 Å². The third kappa shape index (κ3) is 5.06. The molecule has 0 aromatic carbocycles. The van der Waals surface area contributed by atoms with Crippen molar-refractivity contribution in [1.29, 1.82) is 0 Å². The van der Waals surface area contributed by atoms with Gasteiger partial charge in [0, 0.05) is 33.9 Å². The van der Waals surface area contributed by atoms with Crippen LogP contribution in [0.5, 0.6) is 0 Å². The third-order valence-electron chi connectivity index (χ3n) is 3.05. The quantitative estimate of drug-likeness (QED) is 0.582. The van der Waals surface area contributed by atoms with Gasteiger partial charge in [0.1, 0.15) is 5.92 Å². The molecule has 0 saturated carbocycles. The van der Waals surface area contributed by atoms with Gasteiger partial charge in [-0.3, -0.25) is 4.79 Å². The van der Waals surface area contributed by atoms with Gasteiger partial charge >= 0.3 is 5.97 Å². The van der Waals surface area contributed by atoms with Crippen LogP contribution in [0.3, 0.4) is 0 Å². The number of hydrogen-bond donors (Lipinski definition) is 1. The van der Waals surface area contributed by atoms with Gasteiger partial charge in [-0.2, -0.15) is 0 Å². The van der Waals surface area contributed by atoms with Crippen LogP contribution < -0.4 is 0 Å². The van der Waals surface area contributed by atoms with Gasteiger partial charge in [-0.05, 0) is 20.3 Å². The lowest BCUT2D eigenvalue weighted by molar-refractivity contribution is -0.274. The van der Waals surface area contributed by atoms with Gasteiger partial charge in [0.25, 0.3) is 0 Å². The maximum absolute atomic E-state index is 11.6. The van der Waals surface area contributed by atoms with Gasteiger partial charge in [0.2, 0.25) is 0 Å². The summed E-state index contributed by atoms with van der Waals surface area (Å²) in [4.78, 5) is 11.6. The Balaban J connectivity index is 5.19. The SMILES string of the molecule is CCOC(CC)(OCC)C(CC(OC)OC)C(=O)O. The molecule has 0 rings (SSSR count). The maximum atomic E-state index is 11.6. The van der Waals surface area contributed by atoms with Crippen molar-refractivity contribution in [1.82, 2.24) is 0 Å². The number of aliphatic carboxylic acids is 1. The molecule has 1 atom stereocenters. The average molecular weight is 278 g/mol. The van der Waals surface area contributed by atoms with E-state index in [4.69, 9.17) is 18.9 Å². The molecule has 6 nitrogen and oxygen atoms in total. The van der Waals surface area contributed by atoms with Crippen LogP contribution in [0.4, 0.5) is 0 Å². The first-order valence-electron chi connectivity index (χ1n) is 6.57. The lowest BCUT2D eigenvalue weighted by Gasteiger charge is -2.38. The summed E-state index contributed by atoms with van der Waals surface area (Å²) in [6, 6.07) is 0. The molecule has 0 bridgehead atoms. The summed E-state index contributed by atoms with van der Waals surface area (Å²) < 4.78 is 21.4. The molecule has 0 amide bonds. The van der Waals surface area contributed by atoms with Crippen LogP contribution >= 0.6 is 0 Å². The molecule has 0 spiro atoms. The van der Waals surface area contributed by atoms with Crippen LogP contribution in [0.1, 0.15) is 33.6 Å². The van der Waals surface area contributed by atoms with Crippen molar-refractivity contribution < 1.29 is 28.8 Å². The van der Waals surface area contributed by atoms with Crippen LogP contribution in [-0.4, -0.2) is 50.6 Å². The van der Waals surface area contributed by atoms with E-state index in [1.807, 2.05) is 20.8 Å². The summed E-state index contributed by atoms with van der Waals surface area (Å²) in [5.41, 5.74) is 0. The van der Waals surface area contributed by atoms with E-state index < -0.39 is 24.0 Å². The molecule has 0 aromatic rings. The molecule has 1 N–H and O–H groups in total. The largest absolute Gasteiger partial charge is 0.481 e. The summed E-state index contributed by atoms with van der Waals surface area (Å²) in [5, 5.41) is 9.46. The van der Waals surface area contributed by atoms with E-state index >= 15 is 0 Å². The van der Waals surface area contributed by atoms with Crippen molar-refractivity contribution in [2.45, 2.75) is 45.7 Å². The predicted molar refractivity (Wildman–Crippen MR) is 69.8 cm³/mol. The van der Waals surface area contributed by atoms with E-state index in [-0.39, 0.29) is 6.42 Å². The molecule has 0 aliphatic heterocycles. The van der Waals surface area contributed by atoms with Gasteiger partial charge in [0.15, 0.2) is 12.1 Å². The lowest BCUT2D eigenvalue weighted by atomic mass is 9.92. The standard InChI is InChI=1S/C13H26O6/c1-6-13(18-7-2,19-8-3)10(12(14)15)9-11(16-4)17-5/h10-11H,6-9H2,1-5H3,(H,14,15). The van der Waals surface area contributed by atoms with Crippen molar-refractivity contribution in [2.75, 3.05) is 27.4 Å². The second kappa shape index (κ2) is 9.25. The summed E-state index contributed by atoms with van der Waals surface area (Å²) >= 11 is 0. The molecule has 0 heterocycles. The van der Waals surface area contributed by atoms with Crippen LogP contribution in [0.25, 0.3) is 0 Å². The van der Waals surface area contributed by atoms with Crippen molar-refractivity contribution >= 4 is 5.97 Å². The minimum Gasteiger partial charge on any atom is -0.481 e. The Bertz CT molecular complexity index is 246. The van der Waals surface area contributed by atoms with Gasteiger partial charge in [-0.1, -0.05) is 6.92 Å². The van der Waals surface area contributed by atoms with E-state index in [2.05, 4.69) is 0 Å². The Morgan fingerprint density at radius 3 is 1.84 bits per heavy atom. The Kier molecular flexibility index (Phi) is 8.92. The molecule has 1 unspecified atom stereocenters. The van der Waals surface area contributed by atoms with Crippen molar-refractivity contribution in [3.63, 3.8) is 0 Å². The molecule has 0 aliphatic rings. The van der Waals surface area contributed by atoms with Crippen molar-refractivity contribution in [3.8, 4) is 0 Å². The van der Waals surface area contributed by atoms with E-state index in [1.54, 1.807) is 0 Å². The van der Waals surface area contributed by atoms with Crippen LogP contribution in [0, 0.1) is 5.92 Å². The number of ether oxygens (including phenoxy) is 4. The van der Waals surface area contributed by atoms with Crippen molar-refractivity contribution in [3.05, 3.63) is 0 Å². The highest BCUT2D eigenvalue weighted by molar-refractivity contribution is 5.71. The summed E-state index contributed by atoms with van der Waals surface area (Å²) in [6.45, 7) is 6.22. The zero-order valence-electron chi connectivity index (χ0n) is 12.5. The van der Waals surface area contributed by atoms with Crippen LogP contribution in [-0.2, 0) is 23.7 Å². The maximum Gasteiger partial charge on any atom is 0.312 e. The Hall–Kier alpha value is -0.690. The second-order valence-electron chi connectivity index (χ2n) is 4.06. The Labute approximate surface area is 115 Å². The number of carboxylic acid groups (broad SMARTS) is 1. The molecule has 0 radical (unpaired) electrons. The first-order chi connectivity index (χ1) is 9.01. The van der Waals surface area contributed by atoms with Crippen LogP contribution in [0.2, 0.25) is 0 Å². The number of rotatable bonds is 11. The number of carboxylic acids is 1. The summed E-state index contributed by atoms with van der Waals surface area (Å²) in [6.07, 6.45) is -0.00459. The molecular formula is C13H26O6. The minimum absolute atomic E-state index is 0.163. The van der Waals surface area contributed by atoms with E-state index in [9.17, 15) is 9.90 Å². The van der Waals surface area contributed by atoms with E-state index in [0.717, 1.165) is 0 Å². The van der Waals surface area contributed by atoms with E-state index in [1.165, 1.54) is 14.2 Å². The molecule has 19 heavy (non-hydrogen) atoms. The summed E-state index contributed by atoms with van der Waals surface area (Å²) in [7, 11) is 2.95. The highest BCUT2D eigenvalue weighted by Gasteiger charge is 2.45. The zero-order valence-corrected chi connectivity index (χ0v) is 12.5. The average Bonchev–Trinajstić information content (AvgIpc) is 2.39. The molecule has 0 fully saturated rings. The normalized spacial score (nSPS) is 13.8. The molecule has 114 valence electrons. The van der Waals surface area contributed by atoms with Gasteiger partial charge in [0.05, 0.1) is 0 Å². The smallest absolute Gasteiger partial charge is 0.312 e. The Morgan fingerprint density at radius 2 is 1.58 bits per heavy atom. The zero-order chi connectivity index (χ0) is 14.9. The third-order valence-corrected chi connectivity index (χ3v) is 3.05.